The van der Waals surface area contributed by atoms with Gasteiger partial charge in [-0.25, -0.2) is 0 Å². The Hall–Kier alpha value is -1.61. The number of carbonyl (C=O) groups is 1. The van der Waals surface area contributed by atoms with E-state index in [9.17, 15) is 4.79 Å². The van der Waals surface area contributed by atoms with Gasteiger partial charge in [0.2, 0.25) is 0 Å². The first-order chi connectivity index (χ1) is 9.00. The normalized spacial score (nSPS) is 11.7. The minimum atomic E-state index is -0.447. The highest BCUT2D eigenvalue weighted by molar-refractivity contribution is 5.75. The van der Waals surface area contributed by atoms with E-state index in [1.807, 2.05) is 57.2 Å². The van der Waals surface area contributed by atoms with Crippen molar-refractivity contribution in [3.63, 3.8) is 0 Å². The highest BCUT2D eigenvalue weighted by atomic mass is 16.5. The van der Waals surface area contributed by atoms with Crippen molar-refractivity contribution in [2.75, 3.05) is 13.2 Å². The summed E-state index contributed by atoms with van der Waals surface area (Å²) in [6.45, 7) is 6.91. The molecule has 3 heteroatoms. The molecule has 0 amide bonds. The van der Waals surface area contributed by atoms with E-state index in [4.69, 9.17) is 9.47 Å². The lowest BCUT2D eigenvalue weighted by Gasteiger charge is -2.15. The van der Waals surface area contributed by atoms with Gasteiger partial charge in [-0.15, -0.1) is 0 Å². The molecular weight excluding hydrogens is 240 g/mol. The highest BCUT2D eigenvalue weighted by Gasteiger charge is 2.22. The third-order valence-electron chi connectivity index (χ3n) is 2.42. The summed E-state index contributed by atoms with van der Waals surface area (Å²) in [4.78, 5) is 11.5. The largest absolute Gasteiger partial charge is 0.461 e. The molecule has 0 aliphatic heterocycles. The zero-order valence-electron chi connectivity index (χ0n) is 11.9. The smallest absolute Gasteiger partial charge is 0.311 e. The van der Waals surface area contributed by atoms with Crippen molar-refractivity contribution in [3.05, 3.63) is 48.0 Å². The van der Waals surface area contributed by atoms with E-state index in [-0.39, 0.29) is 5.97 Å². The summed E-state index contributed by atoms with van der Waals surface area (Å²) >= 11 is 0. The lowest BCUT2D eigenvalue weighted by atomic mass is 9.97. The third kappa shape index (κ3) is 6.77. The molecule has 0 saturated heterocycles. The maximum atomic E-state index is 11.5. The topological polar surface area (TPSA) is 35.5 Å². The molecule has 3 nitrogen and oxygen atoms in total. The molecule has 0 atom stereocenters. The van der Waals surface area contributed by atoms with Crippen molar-refractivity contribution >= 4 is 5.97 Å². The molecule has 0 spiro atoms. The second kappa shape index (κ2) is 7.74. The van der Waals surface area contributed by atoms with Crippen molar-refractivity contribution in [1.29, 1.82) is 0 Å². The van der Waals surface area contributed by atoms with Crippen LogP contribution in [0.3, 0.4) is 0 Å². The molecule has 1 aromatic carbocycles. The van der Waals surface area contributed by atoms with Crippen molar-refractivity contribution in [2.24, 2.45) is 5.41 Å². The molecule has 1 aromatic rings. The van der Waals surface area contributed by atoms with Gasteiger partial charge in [0.05, 0.1) is 18.6 Å². The Morgan fingerprint density at radius 1 is 1.11 bits per heavy atom. The van der Waals surface area contributed by atoms with Gasteiger partial charge in [-0.2, -0.15) is 0 Å². The molecule has 1 rings (SSSR count). The van der Waals surface area contributed by atoms with Crippen molar-refractivity contribution < 1.29 is 14.3 Å². The Balaban J connectivity index is 2.10. The van der Waals surface area contributed by atoms with Crippen molar-refractivity contribution in [2.45, 2.75) is 27.4 Å². The summed E-state index contributed by atoms with van der Waals surface area (Å²) in [7, 11) is 0. The molecular formula is C16H22O3. The predicted molar refractivity (Wildman–Crippen MR) is 75.7 cm³/mol. The number of benzene rings is 1. The van der Waals surface area contributed by atoms with E-state index in [1.165, 1.54) is 0 Å². The minimum Gasteiger partial charge on any atom is -0.461 e. The number of rotatable bonds is 6. The third-order valence-corrected chi connectivity index (χ3v) is 2.42. The SMILES string of the molecule is CC(C)(C)C(=O)OCC=CCOCc1ccccc1. The van der Waals surface area contributed by atoms with Crippen LogP contribution in [0.5, 0.6) is 0 Å². The van der Waals surface area contributed by atoms with Gasteiger partial charge in [-0.05, 0) is 32.4 Å². The summed E-state index contributed by atoms with van der Waals surface area (Å²) in [5.41, 5.74) is 0.701. The maximum absolute atomic E-state index is 11.5. The monoisotopic (exact) mass is 262 g/mol. The van der Waals surface area contributed by atoms with Crippen LogP contribution >= 0.6 is 0 Å². The van der Waals surface area contributed by atoms with Crippen LogP contribution in [0.15, 0.2) is 42.5 Å². The van der Waals surface area contributed by atoms with E-state index < -0.39 is 5.41 Å². The van der Waals surface area contributed by atoms with Gasteiger partial charge < -0.3 is 9.47 Å². The van der Waals surface area contributed by atoms with Crippen molar-refractivity contribution in [3.8, 4) is 0 Å². The molecule has 0 bridgehead atoms. The standard InChI is InChI=1S/C16H22O3/c1-16(2,3)15(17)19-12-8-7-11-18-13-14-9-5-4-6-10-14/h4-10H,11-13H2,1-3H3. The molecule has 0 aliphatic carbocycles. The molecule has 0 aromatic heterocycles. The lowest BCUT2D eigenvalue weighted by molar-refractivity contribution is -0.151. The number of hydrogen-bond acceptors (Lipinski definition) is 3. The van der Waals surface area contributed by atoms with Crippen molar-refractivity contribution in [1.82, 2.24) is 0 Å². The van der Waals surface area contributed by atoms with Gasteiger partial charge in [0.15, 0.2) is 0 Å². The first kappa shape index (κ1) is 15.4. The van der Waals surface area contributed by atoms with Gasteiger partial charge in [-0.1, -0.05) is 36.4 Å². The molecule has 0 radical (unpaired) electrons. The Morgan fingerprint density at radius 2 is 1.74 bits per heavy atom. The number of carbonyl (C=O) groups excluding carboxylic acids is 1. The molecule has 0 unspecified atom stereocenters. The first-order valence-electron chi connectivity index (χ1n) is 6.44. The quantitative estimate of drug-likeness (QED) is 0.448. The van der Waals surface area contributed by atoms with E-state index in [0.717, 1.165) is 5.56 Å². The molecule has 0 heterocycles. The Morgan fingerprint density at radius 3 is 2.37 bits per heavy atom. The summed E-state index contributed by atoms with van der Waals surface area (Å²) in [5, 5.41) is 0. The lowest BCUT2D eigenvalue weighted by Crippen LogP contribution is -2.22. The Kier molecular flexibility index (Phi) is 6.30. The van der Waals surface area contributed by atoms with Crippen LogP contribution < -0.4 is 0 Å². The molecule has 0 saturated carbocycles. The van der Waals surface area contributed by atoms with Gasteiger partial charge in [-0.3, -0.25) is 4.79 Å². The zero-order valence-corrected chi connectivity index (χ0v) is 11.9. The van der Waals surface area contributed by atoms with E-state index in [1.54, 1.807) is 6.08 Å². The van der Waals surface area contributed by atoms with Crippen LogP contribution in [-0.4, -0.2) is 19.2 Å². The van der Waals surface area contributed by atoms with Crippen LogP contribution in [0.4, 0.5) is 0 Å². The number of ether oxygens (including phenoxy) is 2. The Bertz CT molecular complexity index is 402. The first-order valence-corrected chi connectivity index (χ1v) is 6.44. The summed E-state index contributed by atoms with van der Waals surface area (Å²) in [6.07, 6.45) is 3.66. The van der Waals surface area contributed by atoms with Gasteiger partial charge in [0.1, 0.15) is 6.61 Å². The summed E-state index contributed by atoms with van der Waals surface area (Å²) < 4.78 is 10.6. The highest BCUT2D eigenvalue weighted by Crippen LogP contribution is 2.14. The Labute approximate surface area is 115 Å². The molecule has 19 heavy (non-hydrogen) atoms. The van der Waals surface area contributed by atoms with Crippen LogP contribution in [-0.2, 0) is 20.9 Å². The molecule has 0 aliphatic rings. The zero-order chi connectivity index (χ0) is 14.1. The minimum absolute atomic E-state index is 0.192. The maximum Gasteiger partial charge on any atom is 0.311 e. The van der Waals surface area contributed by atoms with E-state index >= 15 is 0 Å². The average Bonchev–Trinajstić information content (AvgIpc) is 2.37. The second-order valence-corrected chi connectivity index (χ2v) is 5.32. The van der Waals surface area contributed by atoms with Gasteiger partial charge >= 0.3 is 5.97 Å². The summed E-state index contributed by atoms with van der Waals surface area (Å²) in [6, 6.07) is 10.00. The van der Waals surface area contributed by atoms with Gasteiger partial charge in [0.25, 0.3) is 0 Å². The molecule has 104 valence electrons. The fraction of sp³-hybridized carbons (Fsp3) is 0.438. The fourth-order valence-electron chi connectivity index (χ4n) is 1.30. The van der Waals surface area contributed by atoms with Crippen LogP contribution in [0, 0.1) is 5.41 Å². The predicted octanol–water partition coefficient (Wildman–Crippen LogP) is 3.35. The molecule has 0 fully saturated rings. The number of hydrogen-bond donors (Lipinski definition) is 0. The summed E-state index contributed by atoms with van der Waals surface area (Å²) in [5.74, 6) is -0.192. The van der Waals surface area contributed by atoms with Crippen LogP contribution in [0.25, 0.3) is 0 Å². The van der Waals surface area contributed by atoms with E-state index in [0.29, 0.717) is 19.8 Å². The molecule has 0 N–H and O–H groups in total. The van der Waals surface area contributed by atoms with Gasteiger partial charge in [0, 0.05) is 0 Å². The fourth-order valence-corrected chi connectivity index (χ4v) is 1.30. The van der Waals surface area contributed by atoms with Crippen LogP contribution in [0.1, 0.15) is 26.3 Å². The van der Waals surface area contributed by atoms with E-state index in [2.05, 4.69) is 0 Å². The second-order valence-electron chi connectivity index (χ2n) is 5.32. The number of esters is 1. The average molecular weight is 262 g/mol. The van der Waals surface area contributed by atoms with Crippen LogP contribution in [0.2, 0.25) is 0 Å².